The molecule has 1 aromatic heterocycles. The van der Waals surface area contributed by atoms with Crippen LogP contribution in [0.3, 0.4) is 0 Å². The highest BCUT2D eigenvalue weighted by molar-refractivity contribution is 7.97. The van der Waals surface area contributed by atoms with E-state index in [0.29, 0.717) is 5.75 Å². The molecule has 0 aliphatic carbocycles. The first kappa shape index (κ1) is 13.5. The summed E-state index contributed by atoms with van der Waals surface area (Å²) in [5.74, 6) is 2.14. The first-order valence-corrected chi connectivity index (χ1v) is 6.93. The molecule has 4 nitrogen and oxygen atoms in total. The molecule has 0 spiro atoms. The summed E-state index contributed by atoms with van der Waals surface area (Å²) in [4.78, 5) is 11.2. The summed E-state index contributed by atoms with van der Waals surface area (Å²) in [6.45, 7) is 0. The third-order valence-corrected chi connectivity index (χ3v) is 3.57. The summed E-state index contributed by atoms with van der Waals surface area (Å²) in [5.41, 5.74) is 7.60. The van der Waals surface area contributed by atoms with Crippen LogP contribution in [-0.2, 0) is 16.2 Å². The Hall–Kier alpha value is -1.88. The molecule has 2 N–H and O–H groups in total. The van der Waals surface area contributed by atoms with Crippen molar-refractivity contribution in [1.82, 2.24) is 0 Å². The van der Waals surface area contributed by atoms with Crippen LogP contribution in [0.1, 0.15) is 21.9 Å². The van der Waals surface area contributed by atoms with Crippen molar-refractivity contribution in [2.45, 2.75) is 11.5 Å². The van der Waals surface area contributed by atoms with Crippen molar-refractivity contribution < 1.29 is 13.9 Å². The SMILES string of the molecule is COC(=O)c1ccc(CSCc2ccc(N)cc2)o1. The van der Waals surface area contributed by atoms with Crippen molar-refractivity contribution in [3.05, 3.63) is 53.5 Å². The highest BCUT2D eigenvalue weighted by atomic mass is 32.2. The second-order valence-corrected chi connectivity index (χ2v) is 4.98. The third kappa shape index (κ3) is 3.79. The van der Waals surface area contributed by atoms with Crippen LogP contribution < -0.4 is 5.73 Å². The summed E-state index contributed by atoms with van der Waals surface area (Å²) < 4.78 is 9.96. The molecule has 0 aliphatic heterocycles. The van der Waals surface area contributed by atoms with Crippen molar-refractivity contribution in [3.63, 3.8) is 0 Å². The molecular weight excluding hydrogens is 262 g/mol. The number of nitrogens with two attached hydrogens (primary N) is 1. The monoisotopic (exact) mass is 277 g/mol. The van der Waals surface area contributed by atoms with E-state index in [1.165, 1.54) is 12.7 Å². The van der Waals surface area contributed by atoms with Crippen LogP contribution in [0.5, 0.6) is 0 Å². The lowest BCUT2D eigenvalue weighted by Gasteiger charge is -2.01. The van der Waals surface area contributed by atoms with E-state index in [4.69, 9.17) is 10.2 Å². The lowest BCUT2D eigenvalue weighted by atomic mass is 10.2. The van der Waals surface area contributed by atoms with Crippen molar-refractivity contribution in [1.29, 1.82) is 0 Å². The number of methoxy groups -OCH3 is 1. The van der Waals surface area contributed by atoms with Crippen molar-refractivity contribution in [2.75, 3.05) is 12.8 Å². The van der Waals surface area contributed by atoms with Gasteiger partial charge in [-0.05, 0) is 29.8 Å². The lowest BCUT2D eigenvalue weighted by Crippen LogP contribution is -1.98. The van der Waals surface area contributed by atoms with E-state index in [2.05, 4.69) is 4.74 Å². The number of thioether (sulfide) groups is 1. The number of benzene rings is 1. The quantitative estimate of drug-likeness (QED) is 0.672. The van der Waals surface area contributed by atoms with Gasteiger partial charge in [0.2, 0.25) is 5.76 Å². The van der Waals surface area contributed by atoms with Gasteiger partial charge in [0.05, 0.1) is 12.9 Å². The van der Waals surface area contributed by atoms with Gasteiger partial charge in [0.15, 0.2) is 0 Å². The minimum atomic E-state index is -0.449. The van der Waals surface area contributed by atoms with Crippen LogP contribution in [0.4, 0.5) is 5.69 Å². The molecule has 100 valence electrons. The minimum Gasteiger partial charge on any atom is -0.463 e. The fraction of sp³-hybridized carbons (Fsp3) is 0.214. The van der Waals surface area contributed by atoms with Crippen molar-refractivity contribution >= 4 is 23.4 Å². The second kappa shape index (κ2) is 6.33. The second-order valence-electron chi connectivity index (χ2n) is 3.99. The Morgan fingerprint density at radius 2 is 1.95 bits per heavy atom. The minimum absolute atomic E-state index is 0.241. The zero-order valence-corrected chi connectivity index (χ0v) is 11.4. The number of ether oxygens (including phenoxy) is 1. The van der Waals surface area contributed by atoms with E-state index in [1.54, 1.807) is 23.9 Å². The molecular formula is C14H15NO3S. The van der Waals surface area contributed by atoms with Gasteiger partial charge in [-0.1, -0.05) is 12.1 Å². The fourth-order valence-electron chi connectivity index (χ4n) is 1.55. The zero-order chi connectivity index (χ0) is 13.7. The van der Waals surface area contributed by atoms with E-state index >= 15 is 0 Å². The average molecular weight is 277 g/mol. The topological polar surface area (TPSA) is 65.5 Å². The van der Waals surface area contributed by atoms with Gasteiger partial charge in [0.25, 0.3) is 0 Å². The molecule has 1 heterocycles. The number of esters is 1. The fourth-order valence-corrected chi connectivity index (χ4v) is 2.44. The maximum atomic E-state index is 11.2. The predicted molar refractivity (Wildman–Crippen MR) is 75.9 cm³/mol. The van der Waals surface area contributed by atoms with Crippen LogP contribution >= 0.6 is 11.8 Å². The number of carbonyl (C=O) groups excluding carboxylic acids is 1. The van der Waals surface area contributed by atoms with Gasteiger partial charge >= 0.3 is 5.97 Å². The lowest BCUT2D eigenvalue weighted by molar-refractivity contribution is 0.0563. The molecule has 5 heteroatoms. The van der Waals surface area contributed by atoms with E-state index in [-0.39, 0.29) is 5.76 Å². The van der Waals surface area contributed by atoms with Gasteiger partial charge < -0.3 is 14.9 Å². The van der Waals surface area contributed by atoms with Gasteiger partial charge in [0.1, 0.15) is 5.76 Å². The Kier molecular flexibility index (Phi) is 4.52. The molecule has 19 heavy (non-hydrogen) atoms. The molecule has 0 fully saturated rings. The molecule has 0 atom stereocenters. The molecule has 0 saturated heterocycles. The Morgan fingerprint density at radius 3 is 2.63 bits per heavy atom. The third-order valence-electron chi connectivity index (χ3n) is 2.54. The molecule has 0 saturated carbocycles. The van der Waals surface area contributed by atoms with E-state index in [9.17, 15) is 4.79 Å². The van der Waals surface area contributed by atoms with Crippen LogP contribution in [0.15, 0.2) is 40.8 Å². The van der Waals surface area contributed by atoms with Crippen LogP contribution in [0, 0.1) is 0 Å². The van der Waals surface area contributed by atoms with E-state index in [0.717, 1.165) is 17.2 Å². The number of hydrogen-bond donors (Lipinski definition) is 1. The normalized spacial score (nSPS) is 10.4. The number of anilines is 1. The number of furan rings is 1. The smallest absolute Gasteiger partial charge is 0.373 e. The Labute approximate surface area is 115 Å². The van der Waals surface area contributed by atoms with Crippen molar-refractivity contribution in [2.24, 2.45) is 0 Å². The molecule has 1 aromatic carbocycles. The van der Waals surface area contributed by atoms with Crippen LogP contribution in [0.25, 0.3) is 0 Å². The summed E-state index contributed by atoms with van der Waals surface area (Å²) in [6, 6.07) is 11.2. The number of nitrogen functional groups attached to an aromatic ring is 1. The number of hydrogen-bond acceptors (Lipinski definition) is 5. The number of rotatable bonds is 5. The van der Waals surface area contributed by atoms with Gasteiger partial charge in [-0.25, -0.2) is 4.79 Å². The maximum absolute atomic E-state index is 11.2. The molecule has 0 amide bonds. The molecule has 2 aromatic rings. The standard InChI is InChI=1S/C14H15NO3S/c1-17-14(16)13-7-6-12(18-13)9-19-8-10-2-4-11(15)5-3-10/h2-7H,8-9,15H2,1H3. The van der Waals surface area contributed by atoms with Gasteiger partial charge in [-0.2, -0.15) is 0 Å². The Morgan fingerprint density at radius 1 is 1.21 bits per heavy atom. The van der Waals surface area contributed by atoms with E-state index < -0.39 is 5.97 Å². The summed E-state index contributed by atoms with van der Waals surface area (Å²) in [6.07, 6.45) is 0. The highest BCUT2D eigenvalue weighted by Crippen LogP contribution is 2.20. The number of carbonyl (C=O) groups is 1. The molecule has 0 radical (unpaired) electrons. The maximum Gasteiger partial charge on any atom is 0.373 e. The molecule has 0 bridgehead atoms. The summed E-state index contributed by atoms with van der Waals surface area (Å²) >= 11 is 1.71. The predicted octanol–water partition coefficient (Wildman–Crippen LogP) is 3.08. The van der Waals surface area contributed by atoms with Crippen LogP contribution in [-0.4, -0.2) is 13.1 Å². The Bertz CT molecular complexity index is 548. The first-order valence-electron chi connectivity index (χ1n) is 5.78. The molecule has 2 rings (SSSR count). The van der Waals surface area contributed by atoms with Gasteiger partial charge in [0, 0.05) is 11.4 Å². The van der Waals surface area contributed by atoms with Crippen LogP contribution in [0.2, 0.25) is 0 Å². The summed E-state index contributed by atoms with van der Waals surface area (Å²) in [7, 11) is 1.33. The molecule has 0 aliphatic rings. The summed E-state index contributed by atoms with van der Waals surface area (Å²) in [5, 5.41) is 0. The Balaban J connectivity index is 1.84. The van der Waals surface area contributed by atoms with Crippen molar-refractivity contribution in [3.8, 4) is 0 Å². The zero-order valence-electron chi connectivity index (χ0n) is 10.6. The first-order chi connectivity index (χ1) is 9.19. The molecule has 0 unspecified atom stereocenters. The average Bonchev–Trinajstić information content (AvgIpc) is 2.89. The van der Waals surface area contributed by atoms with Gasteiger partial charge in [-0.3, -0.25) is 0 Å². The largest absolute Gasteiger partial charge is 0.463 e. The van der Waals surface area contributed by atoms with E-state index in [1.807, 2.05) is 24.3 Å². The van der Waals surface area contributed by atoms with Gasteiger partial charge in [-0.15, -0.1) is 11.8 Å². The highest BCUT2D eigenvalue weighted by Gasteiger charge is 2.10.